The lowest BCUT2D eigenvalue weighted by Gasteiger charge is -2.16. The Balaban J connectivity index is 0.955. The highest BCUT2D eigenvalue weighted by Gasteiger charge is 2.17. The molecule has 0 spiro atoms. The van der Waals surface area contributed by atoms with Gasteiger partial charge in [-0.2, -0.15) is 0 Å². The van der Waals surface area contributed by atoms with Crippen LogP contribution < -0.4 is 0 Å². The van der Waals surface area contributed by atoms with Crippen LogP contribution in [0.25, 0.3) is 106 Å². The molecule has 0 amide bonds. The van der Waals surface area contributed by atoms with E-state index in [1.807, 2.05) is 30.3 Å². The zero-order valence-corrected chi connectivity index (χ0v) is 32.6. The van der Waals surface area contributed by atoms with E-state index < -0.39 is 0 Å². The molecule has 0 radical (unpaired) electrons. The predicted octanol–water partition coefficient (Wildman–Crippen LogP) is 14.8. The Hall–Kier alpha value is -8.08. The SMILES string of the molecule is c1ccc(-c2ccc3c(c2)c2cc(-c4ccccc4)ccc2n3-c2ccc(-c3ccccc3-c3ccccc3-c3ccc(-c4nnc(-c5ccccc5)o4)cc3)cc2)cc1. The van der Waals surface area contributed by atoms with Gasteiger partial charge in [-0.15, -0.1) is 10.2 Å². The van der Waals surface area contributed by atoms with E-state index in [1.54, 1.807) is 0 Å². The Kier molecular flexibility index (Phi) is 8.79. The molecule has 0 fully saturated rings. The average molecular weight is 768 g/mol. The molecular formula is C56H37N3O. The Labute approximate surface area is 348 Å². The van der Waals surface area contributed by atoms with Crippen LogP contribution in [0.2, 0.25) is 0 Å². The average Bonchev–Trinajstić information content (AvgIpc) is 3.96. The maximum atomic E-state index is 6.05. The summed E-state index contributed by atoms with van der Waals surface area (Å²) in [5.74, 6) is 1.01. The van der Waals surface area contributed by atoms with Crippen LogP contribution in [0, 0.1) is 0 Å². The standard InChI is InChI=1S/C56H37N3O/c1-4-14-38(15-5-1)44-30-34-53-51(36-44)52-37-45(39-16-6-2-7-17-39)31-35-54(52)59(53)46-32-28-41(29-33-46)48-21-11-13-23-50(48)49-22-12-10-20-47(49)40-24-26-43(27-25-40)56-58-57-55(60-56)42-18-8-3-9-19-42/h1-37H. The monoisotopic (exact) mass is 767 g/mol. The third kappa shape index (κ3) is 6.37. The number of benzene rings is 9. The van der Waals surface area contributed by atoms with Gasteiger partial charge in [0.25, 0.3) is 0 Å². The molecule has 60 heavy (non-hydrogen) atoms. The van der Waals surface area contributed by atoms with E-state index >= 15 is 0 Å². The first-order valence-corrected chi connectivity index (χ1v) is 20.2. The summed E-state index contributed by atoms with van der Waals surface area (Å²) in [4.78, 5) is 0. The van der Waals surface area contributed by atoms with Crippen molar-refractivity contribution in [3.8, 4) is 84.2 Å². The largest absolute Gasteiger partial charge is 0.416 e. The molecule has 282 valence electrons. The smallest absolute Gasteiger partial charge is 0.248 e. The number of rotatable bonds is 8. The van der Waals surface area contributed by atoms with Crippen molar-refractivity contribution in [1.29, 1.82) is 0 Å². The van der Waals surface area contributed by atoms with Crippen molar-refractivity contribution in [2.45, 2.75) is 0 Å². The van der Waals surface area contributed by atoms with Crippen molar-refractivity contribution in [1.82, 2.24) is 14.8 Å². The molecule has 9 aromatic carbocycles. The van der Waals surface area contributed by atoms with Gasteiger partial charge in [0.2, 0.25) is 11.8 Å². The third-order valence-electron chi connectivity index (χ3n) is 11.4. The number of aromatic nitrogens is 3. The van der Waals surface area contributed by atoms with Gasteiger partial charge in [-0.25, -0.2) is 0 Å². The fraction of sp³-hybridized carbons (Fsp3) is 0. The highest BCUT2D eigenvalue weighted by Crippen LogP contribution is 2.41. The van der Waals surface area contributed by atoms with Gasteiger partial charge in [-0.05, 0) is 116 Å². The maximum Gasteiger partial charge on any atom is 0.248 e. The van der Waals surface area contributed by atoms with Crippen LogP contribution in [0.15, 0.2) is 229 Å². The maximum absolute atomic E-state index is 6.05. The molecule has 0 aliphatic carbocycles. The number of fused-ring (bicyclic) bond motifs is 3. The minimum atomic E-state index is 0.497. The molecule has 0 aliphatic heterocycles. The third-order valence-corrected chi connectivity index (χ3v) is 11.4. The van der Waals surface area contributed by atoms with Gasteiger partial charge < -0.3 is 8.98 Å². The summed E-state index contributed by atoms with van der Waals surface area (Å²) in [7, 11) is 0. The molecule has 0 bridgehead atoms. The number of hydrogen-bond acceptors (Lipinski definition) is 3. The van der Waals surface area contributed by atoms with Crippen LogP contribution >= 0.6 is 0 Å². The first-order valence-electron chi connectivity index (χ1n) is 20.2. The normalized spacial score (nSPS) is 11.3. The molecule has 11 rings (SSSR count). The van der Waals surface area contributed by atoms with Crippen molar-refractivity contribution in [3.63, 3.8) is 0 Å². The molecule has 0 N–H and O–H groups in total. The highest BCUT2D eigenvalue weighted by molar-refractivity contribution is 6.11. The molecule has 0 saturated carbocycles. The van der Waals surface area contributed by atoms with E-state index in [0.717, 1.165) is 33.5 Å². The minimum Gasteiger partial charge on any atom is -0.416 e. The Morgan fingerprint density at radius 3 is 1.10 bits per heavy atom. The second-order valence-electron chi connectivity index (χ2n) is 15.0. The lowest BCUT2D eigenvalue weighted by Crippen LogP contribution is -1.94. The summed E-state index contributed by atoms with van der Waals surface area (Å²) in [6.45, 7) is 0. The van der Waals surface area contributed by atoms with Gasteiger partial charge >= 0.3 is 0 Å². The van der Waals surface area contributed by atoms with E-state index in [9.17, 15) is 0 Å². The molecule has 0 aliphatic rings. The van der Waals surface area contributed by atoms with Crippen molar-refractivity contribution in [2.75, 3.05) is 0 Å². The summed E-state index contributed by atoms with van der Waals surface area (Å²) >= 11 is 0. The lowest BCUT2D eigenvalue weighted by atomic mass is 9.89. The summed E-state index contributed by atoms with van der Waals surface area (Å²) in [5, 5.41) is 11.1. The molecule has 0 unspecified atom stereocenters. The zero-order valence-electron chi connectivity index (χ0n) is 32.6. The predicted molar refractivity (Wildman–Crippen MR) is 247 cm³/mol. The Bertz CT molecular complexity index is 3180. The van der Waals surface area contributed by atoms with Gasteiger partial charge in [-0.1, -0.05) is 164 Å². The fourth-order valence-corrected chi connectivity index (χ4v) is 8.48. The first-order chi connectivity index (χ1) is 29.7. The molecule has 2 heterocycles. The van der Waals surface area contributed by atoms with Gasteiger partial charge in [-0.3, -0.25) is 0 Å². The summed E-state index contributed by atoms with van der Waals surface area (Å²) < 4.78 is 8.45. The topological polar surface area (TPSA) is 43.9 Å². The Morgan fingerprint density at radius 1 is 0.283 bits per heavy atom. The van der Waals surface area contributed by atoms with Gasteiger partial charge in [0.15, 0.2) is 0 Å². The summed E-state index contributed by atoms with van der Waals surface area (Å²) in [6.07, 6.45) is 0. The van der Waals surface area contributed by atoms with Crippen molar-refractivity contribution >= 4 is 21.8 Å². The van der Waals surface area contributed by atoms with E-state index in [2.05, 4.69) is 209 Å². The van der Waals surface area contributed by atoms with Crippen molar-refractivity contribution in [2.24, 2.45) is 0 Å². The van der Waals surface area contributed by atoms with Gasteiger partial charge in [0.05, 0.1) is 11.0 Å². The highest BCUT2D eigenvalue weighted by atomic mass is 16.4. The van der Waals surface area contributed by atoms with E-state index in [4.69, 9.17) is 4.42 Å². The van der Waals surface area contributed by atoms with Crippen LogP contribution in [-0.4, -0.2) is 14.8 Å². The Morgan fingerprint density at radius 2 is 0.633 bits per heavy atom. The molecule has 0 atom stereocenters. The minimum absolute atomic E-state index is 0.497. The van der Waals surface area contributed by atoms with Crippen LogP contribution in [0.1, 0.15) is 0 Å². The second kappa shape index (κ2) is 15.0. The molecule has 4 heteroatoms. The molecule has 11 aromatic rings. The number of nitrogens with zero attached hydrogens (tertiary/aromatic N) is 3. The van der Waals surface area contributed by atoms with Crippen molar-refractivity contribution < 1.29 is 4.42 Å². The van der Waals surface area contributed by atoms with Crippen molar-refractivity contribution in [3.05, 3.63) is 224 Å². The van der Waals surface area contributed by atoms with Gasteiger partial charge in [0.1, 0.15) is 0 Å². The van der Waals surface area contributed by atoms with Crippen LogP contribution in [0.4, 0.5) is 0 Å². The zero-order chi connectivity index (χ0) is 39.8. The summed E-state index contributed by atoms with van der Waals surface area (Å²) in [6, 6.07) is 79.6. The van der Waals surface area contributed by atoms with E-state index in [1.165, 1.54) is 60.8 Å². The van der Waals surface area contributed by atoms with Crippen LogP contribution in [-0.2, 0) is 0 Å². The van der Waals surface area contributed by atoms with E-state index in [-0.39, 0.29) is 0 Å². The first kappa shape index (κ1) is 35.1. The van der Waals surface area contributed by atoms with Gasteiger partial charge in [0, 0.05) is 27.6 Å². The molecule has 2 aromatic heterocycles. The molecular weight excluding hydrogens is 731 g/mol. The van der Waals surface area contributed by atoms with E-state index in [0.29, 0.717) is 11.8 Å². The van der Waals surface area contributed by atoms with Crippen LogP contribution in [0.5, 0.6) is 0 Å². The molecule has 4 nitrogen and oxygen atoms in total. The fourth-order valence-electron chi connectivity index (χ4n) is 8.48. The van der Waals surface area contributed by atoms with Crippen LogP contribution in [0.3, 0.4) is 0 Å². The summed E-state index contributed by atoms with van der Waals surface area (Å²) in [5.41, 5.74) is 17.0. The number of hydrogen-bond donors (Lipinski definition) is 0. The molecule has 0 saturated heterocycles. The second-order valence-corrected chi connectivity index (χ2v) is 15.0. The quantitative estimate of drug-likeness (QED) is 0.155. The lowest BCUT2D eigenvalue weighted by molar-refractivity contribution is 0.584.